The van der Waals surface area contributed by atoms with Gasteiger partial charge in [0.15, 0.2) is 0 Å². The number of pyridine rings is 1. The molecule has 3 rings (SSSR count). The lowest BCUT2D eigenvalue weighted by molar-refractivity contribution is 0.567. The molecule has 2 aromatic heterocycles. The van der Waals surface area contributed by atoms with Crippen molar-refractivity contribution in [3.8, 4) is 0 Å². The Morgan fingerprint density at radius 3 is 2.65 bits per heavy atom. The third-order valence-corrected chi connectivity index (χ3v) is 5.41. The Morgan fingerprint density at radius 2 is 1.91 bits per heavy atom. The summed E-state index contributed by atoms with van der Waals surface area (Å²) < 4.78 is 41.4. The zero-order valence-corrected chi connectivity index (χ0v) is 13.1. The van der Waals surface area contributed by atoms with Crippen molar-refractivity contribution in [2.24, 2.45) is 5.73 Å². The number of halogens is 1. The highest BCUT2D eigenvalue weighted by molar-refractivity contribution is 7.91. The van der Waals surface area contributed by atoms with Gasteiger partial charge in [-0.25, -0.2) is 12.8 Å². The summed E-state index contributed by atoms with van der Waals surface area (Å²) in [5, 5.41) is 0. The zero-order valence-electron chi connectivity index (χ0n) is 12.3. The molecule has 2 heterocycles. The van der Waals surface area contributed by atoms with Crippen molar-refractivity contribution < 1.29 is 12.8 Å². The molecule has 5 nitrogen and oxygen atoms in total. The summed E-state index contributed by atoms with van der Waals surface area (Å²) in [5.74, 6) is -0.772. The standard InChI is InChI=1S/C16H16FN3O2S/c17-12-5-1-2-7-14(12)23(21,22)15-11-20(10-4-8-18)13-6-3-9-19-16(13)15/h1-3,5-7,9,11H,4,8,10,18H2. The summed E-state index contributed by atoms with van der Waals surface area (Å²) in [7, 11) is -3.99. The molecule has 0 aliphatic heterocycles. The molecule has 0 radical (unpaired) electrons. The Bertz CT molecular complexity index is 951. The van der Waals surface area contributed by atoms with Gasteiger partial charge in [-0.2, -0.15) is 0 Å². The quantitative estimate of drug-likeness (QED) is 0.777. The molecule has 23 heavy (non-hydrogen) atoms. The number of benzene rings is 1. The van der Waals surface area contributed by atoms with Crippen LogP contribution < -0.4 is 5.73 Å². The Balaban J connectivity index is 2.22. The molecule has 2 N–H and O–H groups in total. The van der Waals surface area contributed by atoms with Gasteiger partial charge in [-0.15, -0.1) is 0 Å². The highest BCUT2D eigenvalue weighted by Gasteiger charge is 2.26. The van der Waals surface area contributed by atoms with E-state index in [1.807, 2.05) is 0 Å². The third-order valence-electron chi connectivity index (χ3n) is 3.62. The molecule has 3 aromatic rings. The SMILES string of the molecule is NCCCn1cc(S(=O)(=O)c2ccccc2F)c2ncccc21. The van der Waals surface area contributed by atoms with Crippen LogP contribution in [0.3, 0.4) is 0 Å². The highest BCUT2D eigenvalue weighted by atomic mass is 32.2. The number of aryl methyl sites for hydroxylation is 1. The van der Waals surface area contributed by atoms with Gasteiger partial charge in [-0.3, -0.25) is 4.98 Å². The first-order chi connectivity index (χ1) is 11.1. The molecule has 0 spiro atoms. The predicted molar refractivity (Wildman–Crippen MR) is 85.3 cm³/mol. The molecule has 7 heteroatoms. The van der Waals surface area contributed by atoms with E-state index in [1.54, 1.807) is 16.7 Å². The van der Waals surface area contributed by atoms with E-state index in [2.05, 4.69) is 4.98 Å². The van der Waals surface area contributed by atoms with Crippen LogP contribution >= 0.6 is 0 Å². The fourth-order valence-electron chi connectivity index (χ4n) is 2.52. The fraction of sp³-hybridized carbons (Fsp3) is 0.188. The monoisotopic (exact) mass is 333 g/mol. The number of hydrogen-bond donors (Lipinski definition) is 1. The largest absolute Gasteiger partial charge is 0.345 e. The van der Waals surface area contributed by atoms with Crippen LogP contribution in [0.1, 0.15) is 6.42 Å². The van der Waals surface area contributed by atoms with Gasteiger partial charge in [-0.05, 0) is 37.2 Å². The van der Waals surface area contributed by atoms with Crippen LogP contribution in [0, 0.1) is 5.82 Å². The number of hydrogen-bond acceptors (Lipinski definition) is 4. The number of fused-ring (bicyclic) bond motifs is 1. The Hall–Kier alpha value is -2.25. The second-order valence-corrected chi connectivity index (χ2v) is 7.02. The zero-order chi connectivity index (χ0) is 16.4. The van der Waals surface area contributed by atoms with Gasteiger partial charge in [-0.1, -0.05) is 12.1 Å². The minimum Gasteiger partial charge on any atom is -0.345 e. The first-order valence-corrected chi connectivity index (χ1v) is 8.67. The number of aromatic nitrogens is 2. The maximum absolute atomic E-state index is 14.0. The van der Waals surface area contributed by atoms with Crippen molar-refractivity contribution in [1.29, 1.82) is 0 Å². The predicted octanol–water partition coefficient (Wildman–Crippen LogP) is 2.36. The van der Waals surface area contributed by atoms with E-state index >= 15 is 0 Å². The van der Waals surface area contributed by atoms with Crippen molar-refractivity contribution in [2.75, 3.05) is 6.54 Å². The van der Waals surface area contributed by atoms with Gasteiger partial charge in [0, 0.05) is 18.9 Å². The topological polar surface area (TPSA) is 78.0 Å². The summed E-state index contributed by atoms with van der Waals surface area (Å²) in [6.45, 7) is 1.07. The molecule has 0 saturated carbocycles. The lowest BCUT2D eigenvalue weighted by Gasteiger charge is -2.04. The van der Waals surface area contributed by atoms with Gasteiger partial charge < -0.3 is 10.3 Å². The van der Waals surface area contributed by atoms with Crippen molar-refractivity contribution >= 4 is 20.9 Å². The van der Waals surface area contributed by atoms with Crippen molar-refractivity contribution in [1.82, 2.24) is 9.55 Å². The average molecular weight is 333 g/mol. The summed E-state index contributed by atoms with van der Waals surface area (Å²) in [6.07, 6.45) is 3.74. The number of sulfone groups is 1. The van der Waals surface area contributed by atoms with E-state index in [4.69, 9.17) is 5.73 Å². The molecule has 0 fully saturated rings. The maximum atomic E-state index is 14.0. The molecular weight excluding hydrogens is 317 g/mol. The molecule has 0 unspecified atom stereocenters. The number of nitrogens with two attached hydrogens (primary N) is 1. The molecule has 0 aliphatic carbocycles. The molecule has 0 amide bonds. The maximum Gasteiger partial charge on any atom is 0.213 e. The summed E-state index contributed by atoms with van der Waals surface area (Å²) in [4.78, 5) is 3.84. The first-order valence-electron chi connectivity index (χ1n) is 7.19. The van der Waals surface area contributed by atoms with E-state index in [-0.39, 0.29) is 9.79 Å². The Morgan fingerprint density at radius 1 is 1.13 bits per heavy atom. The smallest absolute Gasteiger partial charge is 0.213 e. The molecule has 0 atom stereocenters. The van der Waals surface area contributed by atoms with Crippen LogP contribution in [0.5, 0.6) is 0 Å². The van der Waals surface area contributed by atoms with E-state index in [9.17, 15) is 12.8 Å². The molecule has 0 bridgehead atoms. The first kappa shape index (κ1) is 15.6. The molecule has 1 aromatic carbocycles. The van der Waals surface area contributed by atoms with Crippen LogP contribution in [0.15, 0.2) is 58.6 Å². The number of rotatable bonds is 5. The van der Waals surface area contributed by atoms with Crippen molar-refractivity contribution in [3.05, 3.63) is 54.6 Å². The highest BCUT2D eigenvalue weighted by Crippen LogP contribution is 2.30. The Labute approximate surface area is 133 Å². The lowest BCUT2D eigenvalue weighted by Crippen LogP contribution is -2.06. The van der Waals surface area contributed by atoms with Gasteiger partial charge in [0.2, 0.25) is 9.84 Å². The summed E-state index contributed by atoms with van der Waals surface area (Å²) in [5.41, 5.74) is 6.56. The average Bonchev–Trinajstić information content (AvgIpc) is 2.93. The molecular formula is C16H16FN3O2S. The van der Waals surface area contributed by atoms with Crippen molar-refractivity contribution in [2.45, 2.75) is 22.8 Å². The van der Waals surface area contributed by atoms with Gasteiger partial charge in [0.25, 0.3) is 0 Å². The molecule has 120 valence electrons. The van der Waals surface area contributed by atoms with Crippen LogP contribution in [-0.4, -0.2) is 24.5 Å². The molecule has 0 saturated heterocycles. The van der Waals surface area contributed by atoms with Crippen LogP contribution in [-0.2, 0) is 16.4 Å². The van der Waals surface area contributed by atoms with Gasteiger partial charge >= 0.3 is 0 Å². The summed E-state index contributed by atoms with van der Waals surface area (Å²) >= 11 is 0. The van der Waals surface area contributed by atoms with Gasteiger partial charge in [0.05, 0.1) is 5.52 Å². The van der Waals surface area contributed by atoms with Crippen molar-refractivity contribution in [3.63, 3.8) is 0 Å². The lowest BCUT2D eigenvalue weighted by atomic mass is 10.3. The van der Waals surface area contributed by atoms with Crippen LogP contribution in [0.2, 0.25) is 0 Å². The summed E-state index contributed by atoms with van der Waals surface area (Å²) in [6, 6.07) is 8.87. The molecule has 0 aliphatic rings. The minimum atomic E-state index is -3.99. The van der Waals surface area contributed by atoms with E-state index in [0.717, 1.165) is 6.07 Å². The normalized spacial score (nSPS) is 11.9. The minimum absolute atomic E-state index is 0.00946. The van der Waals surface area contributed by atoms with E-state index in [1.165, 1.54) is 30.6 Å². The second-order valence-electron chi connectivity index (χ2n) is 5.13. The van der Waals surface area contributed by atoms with Crippen LogP contribution in [0.4, 0.5) is 4.39 Å². The second kappa shape index (κ2) is 6.10. The fourth-order valence-corrected chi connectivity index (χ4v) is 4.01. The number of nitrogens with zero attached hydrogens (tertiary/aromatic N) is 2. The third kappa shape index (κ3) is 2.73. The van der Waals surface area contributed by atoms with E-state index in [0.29, 0.717) is 30.5 Å². The van der Waals surface area contributed by atoms with Crippen LogP contribution in [0.25, 0.3) is 11.0 Å². The van der Waals surface area contributed by atoms with Gasteiger partial charge in [0.1, 0.15) is 21.1 Å². The Kier molecular flexibility index (Phi) is 4.14. The van der Waals surface area contributed by atoms with E-state index < -0.39 is 15.7 Å².